The number of rotatable bonds is 3. The van der Waals surface area contributed by atoms with Crippen LogP contribution in [0.25, 0.3) is 11.4 Å². The Morgan fingerprint density at radius 2 is 2.15 bits per heavy atom. The molecular weight excluding hydrogens is 252 g/mol. The van der Waals surface area contributed by atoms with Crippen LogP contribution in [-0.4, -0.2) is 38.7 Å². The maximum Gasteiger partial charge on any atom is 0.222 e. The number of amides is 1. The van der Waals surface area contributed by atoms with Gasteiger partial charge in [-0.05, 0) is 6.42 Å². The summed E-state index contributed by atoms with van der Waals surface area (Å²) < 4.78 is 2.10. The Balaban J connectivity index is 1.83. The molecule has 2 heterocycles. The highest BCUT2D eigenvalue weighted by Gasteiger charge is 2.28. The van der Waals surface area contributed by atoms with Gasteiger partial charge >= 0.3 is 0 Å². The second-order valence-electron chi connectivity index (χ2n) is 5.06. The fourth-order valence-electron chi connectivity index (χ4n) is 2.72. The van der Waals surface area contributed by atoms with Crippen LogP contribution < -0.4 is 0 Å². The molecule has 1 unspecified atom stereocenters. The fraction of sp³-hybridized carbons (Fsp3) is 0.400. The first-order valence-electron chi connectivity index (χ1n) is 7.02. The second-order valence-corrected chi connectivity index (χ2v) is 5.06. The molecule has 0 radical (unpaired) electrons. The molecule has 1 fully saturated rings. The highest BCUT2D eigenvalue weighted by atomic mass is 16.2. The molecule has 1 saturated heterocycles. The Kier molecular flexibility index (Phi) is 3.50. The molecule has 1 atom stereocenters. The van der Waals surface area contributed by atoms with Crippen molar-refractivity contribution in [3.8, 4) is 11.4 Å². The van der Waals surface area contributed by atoms with Gasteiger partial charge in [0, 0.05) is 25.1 Å². The minimum atomic E-state index is 0.224. The van der Waals surface area contributed by atoms with Crippen LogP contribution in [0.15, 0.2) is 36.7 Å². The van der Waals surface area contributed by atoms with E-state index in [-0.39, 0.29) is 11.9 Å². The maximum absolute atomic E-state index is 11.8. The average molecular weight is 270 g/mol. The lowest BCUT2D eigenvalue weighted by molar-refractivity contribution is -0.129. The molecule has 3 rings (SSSR count). The molecule has 0 N–H and O–H groups in total. The summed E-state index contributed by atoms with van der Waals surface area (Å²) in [5.74, 6) is 1.10. The smallest absolute Gasteiger partial charge is 0.222 e. The minimum Gasteiger partial charge on any atom is -0.341 e. The summed E-state index contributed by atoms with van der Waals surface area (Å²) in [5.41, 5.74) is 1.06. The quantitative estimate of drug-likeness (QED) is 0.858. The monoisotopic (exact) mass is 270 g/mol. The first kappa shape index (κ1) is 12.8. The number of likely N-dealkylation sites (tertiary alicyclic amines) is 1. The standard InChI is InChI=1S/C15H18N4O/c1-2-14(20)18-9-8-13(10-18)19-11-16-17-15(19)12-6-4-3-5-7-12/h3-7,11,13H,2,8-10H2,1H3. The van der Waals surface area contributed by atoms with Crippen LogP contribution in [0.5, 0.6) is 0 Å². The van der Waals surface area contributed by atoms with Crippen LogP contribution in [0.4, 0.5) is 0 Å². The van der Waals surface area contributed by atoms with Crippen LogP contribution in [0.2, 0.25) is 0 Å². The predicted octanol–water partition coefficient (Wildman–Crippen LogP) is 2.13. The number of hydrogen-bond acceptors (Lipinski definition) is 3. The molecule has 0 saturated carbocycles. The Morgan fingerprint density at radius 1 is 1.35 bits per heavy atom. The van der Waals surface area contributed by atoms with Crippen LogP contribution in [0.1, 0.15) is 25.8 Å². The van der Waals surface area contributed by atoms with Gasteiger partial charge < -0.3 is 9.47 Å². The summed E-state index contributed by atoms with van der Waals surface area (Å²) in [7, 11) is 0. The van der Waals surface area contributed by atoms with E-state index in [0.717, 1.165) is 30.9 Å². The molecule has 1 aromatic heterocycles. The van der Waals surface area contributed by atoms with Crippen LogP contribution in [0, 0.1) is 0 Å². The van der Waals surface area contributed by atoms with E-state index in [2.05, 4.69) is 14.8 Å². The van der Waals surface area contributed by atoms with E-state index in [1.807, 2.05) is 42.2 Å². The number of carbonyl (C=O) groups excluding carboxylic acids is 1. The third-order valence-corrected chi connectivity index (χ3v) is 3.82. The van der Waals surface area contributed by atoms with Crippen LogP contribution in [0.3, 0.4) is 0 Å². The van der Waals surface area contributed by atoms with Crippen molar-refractivity contribution in [3.05, 3.63) is 36.7 Å². The van der Waals surface area contributed by atoms with Gasteiger partial charge in [0.1, 0.15) is 6.33 Å². The van der Waals surface area contributed by atoms with Crippen molar-refractivity contribution < 1.29 is 4.79 Å². The van der Waals surface area contributed by atoms with Crippen molar-refractivity contribution >= 4 is 5.91 Å². The summed E-state index contributed by atoms with van der Waals surface area (Å²) in [6.07, 6.45) is 3.30. The predicted molar refractivity (Wildman–Crippen MR) is 76.0 cm³/mol. The lowest BCUT2D eigenvalue weighted by atomic mass is 10.2. The molecule has 1 aliphatic rings. The molecule has 0 bridgehead atoms. The molecule has 5 nitrogen and oxygen atoms in total. The van der Waals surface area contributed by atoms with Gasteiger partial charge in [-0.25, -0.2) is 0 Å². The van der Waals surface area contributed by atoms with Crippen molar-refractivity contribution in [2.75, 3.05) is 13.1 Å². The third kappa shape index (κ3) is 2.31. The molecule has 1 amide bonds. The Bertz CT molecular complexity index is 593. The number of carbonyl (C=O) groups is 1. The molecule has 0 aliphatic carbocycles. The van der Waals surface area contributed by atoms with Gasteiger partial charge in [0.05, 0.1) is 6.04 Å². The van der Waals surface area contributed by atoms with Crippen LogP contribution in [-0.2, 0) is 4.79 Å². The fourth-order valence-corrected chi connectivity index (χ4v) is 2.72. The van der Waals surface area contributed by atoms with E-state index in [1.165, 1.54) is 0 Å². The van der Waals surface area contributed by atoms with Gasteiger partial charge in [0.2, 0.25) is 5.91 Å². The highest BCUT2D eigenvalue weighted by molar-refractivity contribution is 5.76. The van der Waals surface area contributed by atoms with E-state index in [9.17, 15) is 4.79 Å². The number of aromatic nitrogens is 3. The first-order chi connectivity index (χ1) is 9.79. The normalized spacial score (nSPS) is 18.4. The minimum absolute atomic E-state index is 0.224. The molecule has 5 heteroatoms. The zero-order valence-corrected chi connectivity index (χ0v) is 11.6. The largest absolute Gasteiger partial charge is 0.341 e. The summed E-state index contributed by atoms with van der Waals surface area (Å²) >= 11 is 0. The summed E-state index contributed by atoms with van der Waals surface area (Å²) in [6, 6.07) is 10.3. The summed E-state index contributed by atoms with van der Waals surface area (Å²) in [5, 5.41) is 8.27. The Hall–Kier alpha value is -2.17. The topological polar surface area (TPSA) is 51.0 Å². The van der Waals surface area contributed by atoms with Crippen molar-refractivity contribution in [3.63, 3.8) is 0 Å². The van der Waals surface area contributed by atoms with Gasteiger partial charge in [-0.1, -0.05) is 37.3 Å². The van der Waals surface area contributed by atoms with Crippen molar-refractivity contribution in [1.29, 1.82) is 0 Å². The summed E-state index contributed by atoms with van der Waals surface area (Å²) in [4.78, 5) is 13.7. The Morgan fingerprint density at radius 3 is 2.90 bits per heavy atom. The molecule has 104 valence electrons. The lowest BCUT2D eigenvalue weighted by Gasteiger charge is -2.17. The van der Waals surface area contributed by atoms with Gasteiger partial charge in [0.25, 0.3) is 0 Å². The molecule has 0 spiro atoms. The SMILES string of the molecule is CCC(=O)N1CCC(n2cnnc2-c2ccccc2)C1. The van der Waals surface area contributed by atoms with E-state index in [0.29, 0.717) is 6.42 Å². The van der Waals surface area contributed by atoms with E-state index in [1.54, 1.807) is 6.33 Å². The second kappa shape index (κ2) is 5.45. The zero-order chi connectivity index (χ0) is 13.9. The number of benzene rings is 1. The first-order valence-corrected chi connectivity index (χ1v) is 7.02. The Labute approximate surface area is 118 Å². The molecular formula is C15H18N4O. The number of nitrogens with zero attached hydrogens (tertiary/aromatic N) is 4. The average Bonchev–Trinajstić information content (AvgIpc) is 3.15. The molecule has 20 heavy (non-hydrogen) atoms. The highest BCUT2D eigenvalue weighted by Crippen LogP contribution is 2.27. The number of hydrogen-bond donors (Lipinski definition) is 0. The van der Waals surface area contributed by atoms with Crippen molar-refractivity contribution in [2.24, 2.45) is 0 Å². The van der Waals surface area contributed by atoms with Crippen molar-refractivity contribution in [1.82, 2.24) is 19.7 Å². The zero-order valence-electron chi connectivity index (χ0n) is 11.6. The molecule has 1 aliphatic heterocycles. The third-order valence-electron chi connectivity index (χ3n) is 3.82. The van der Waals surface area contributed by atoms with Gasteiger partial charge in [-0.15, -0.1) is 10.2 Å². The van der Waals surface area contributed by atoms with E-state index >= 15 is 0 Å². The van der Waals surface area contributed by atoms with Gasteiger partial charge in [0.15, 0.2) is 5.82 Å². The molecule has 2 aromatic rings. The maximum atomic E-state index is 11.8. The van der Waals surface area contributed by atoms with Gasteiger partial charge in [-0.3, -0.25) is 4.79 Å². The van der Waals surface area contributed by atoms with Crippen LogP contribution >= 0.6 is 0 Å². The van der Waals surface area contributed by atoms with Gasteiger partial charge in [-0.2, -0.15) is 0 Å². The lowest BCUT2D eigenvalue weighted by Crippen LogP contribution is -2.28. The summed E-state index contributed by atoms with van der Waals surface area (Å²) in [6.45, 7) is 3.48. The van der Waals surface area contributed by atoms with E-state index < -0.39 is 0 Å². The van der Waals surface area contributed by atoms with E-state index in [4.69, 9.17) is 0 Å². The molecule has 1 aromatic carbocycles. The van der Waals surface area contributed by atoms with Crippen molar-refractivity contribution in [2.45, 2.75) is 25.8 Å².